The summed E-state index contributed by atoms with van der Waals surface area (Å²) in [5.74, 6) is 0.0133. The van der Waals surface area contributed by atoms with E-state index in [1.165, 1.54) is 23.1 Å². The molecule has 1 aliphatic heterocycles. The molecule has 1 unspecified atom stereocenters. The van der Waals surface area contributed by atoms with Gasteiger partial charge in [-0.3, -0.25) is 24.6 Å². The summed E-state index contributed by atoms with van der Waals surface area (Å²) in [7, 11) is 0. The van der Waals surface area contributed by atoms with Crippen molar-refractivity contribution in [1.29, 1.82) is 0 Å². The maximum Gasteiger partial charge on any atom is 0.271 e. The zero-order chi connectivity index (χ0) is 21.8. The second-order valence-electron chi connectivity index (χ2n) is 7.12. The van der Waals surface area contributed by atoms with Crippen molar-refractivity contribution in [3.63, 3.8) is 0 Å². The van der Waals surface area contributed by atoms with Gasteiger partial charge in [0.15, 0.2) is 6.10 Å². The number of amides is 2. The van der Waals surface area contributed by atoms with Crippen molar-refractivity contribution in [2.75, 3.05) is 23.4 Å². The Balaban J connectivity index is 1.83. The Kier molecular flexibility index (Phi) is 6.20. The summed E-state index contributed by atoms with van der Waals surface area (Å²) in [6.45, 7) is 5.77. The summed E-state index contributed by atoms with van der Waals surface area (Å²) in [4.78, 5) is 37.4. The van der Waals surface area contributed by atoms with Crippen molar-refractivity contribution in [3.05, 3.63) is 52.6 Å². The number of carbonyl (C=O) groups excluding carboxylic acids is 2. The first-order valence-corrected chi connectivity index (χ1v) is 9.59. The number of hydrogen-bond donors (Lipinski definition) is 1. The third kappa shape index (κ3) is 4.51. The van der Waals surface area contributed by atoms with Crippen LogP contribution in [0, 0.1) is 16.0 Å². The molecular formula is C21H23N3O6. The predicted molar refractivity (Wildman–Crippen MR) is 111 cm³/mol. The maximum atomic E-state index is 12.9. The van der Waals surface area contributed by atoms with E-state index in [0.29, 0.717) is 23.8 Å². The molecule has 2 amide bonds. The number of benzene rings is 2. The van der Waals surface area contributed by atoms with Crippen LogP contribution in [0.2, 0.25) is 0 Å². The van der Waals surface area contributed by atoms with Gasteiger partial charge in [0.2, 0.25) is 5.91 Å². The molecule has 0 spiro atoms. The van der Waals surface area contributed by atoms with E-state index in [4.69, 9.17) is 9.47 Å². The molecule has 3 rings (SSSR count). The Morgan fingerprint density at radius 2 is 1.97 bits per heavy atom. The number of rotatable bonds is 7. The SMILES string of the molecule is CCOc1ccc(NC(=O)CN2C(=O)C(C(C)C)Oc3ccc([N+](=O)[O-])cc32)cc1. The monoisotopic (exact) mass is 413 g/mol. The first kappa shape index (κ1) is 21.1. The van der Waals surface area contributed by atoms with Gasteiger partial charge in [0.05, 0.1) is 17.2 Å². The number of ether oxygens (including phenoxy) is 2. The first-order chi connectivity index (χ1) is 14.3. The van der Waals surface area contributed by atoms with Crippen molar-refractivity contribution in [2.45, 2.75) is 26.9 Å². The van der Waals surface area contributed by atoms with Crippen LogP contribution in [0.4, 0.5) is 17.1 Å². The lowest BCUT2D eigenvalue weighted by molar-refractivity contribution is -0.384. The molecule has 1 aliphatic rings. The molecular weight excluding hydrogens is 390 g/mol. The molecule has 0 saturated carbocycles. The van der Waals surface area contributed by atoms with Gasteiger partial charge in [-0.1, -0.05) is 13.8 Å². The molecule has 1 N–H and O–H groups in total. The Labute approximate surface area is 173 Å². The fraction of sp³-hybridized carbons (Fsp3) is 0.333. The van der Waals surface area contributed by atoms with Gasteiger partial charge >= 0.3 is 0 Å². The molecule has 0 aliphatic carbocycles. The quantitative estimate of drug-likeness (QED) is 0.550. The number of anilines is 2. The predicted octanol–water partition coefficient (Wildman–Crippen LogP) is 3.38. The van der Waals surface area contributed by atoms with E-state index in [0.717, 1.165) is 0 Å². The molecule has 2 aromatic rings. The number of nitro benzene ring substituents is 1. The summed E-state index contributed by atoms with van der Waals surface area (Å²) < 4.78 is 11.1. The first-order valence-electron chi connectivity index (χ1n) is 9.59. The minimum Gasteiger partial charge on any atom is -0.494 e. The van der Waals surface area contributed by atoms with Gasteiger partial charge in [-0.05, 0) is 43.2 Å². The average molecular weight is 413 g/mol. The Morgan fingerprint density at radius 1 is 1.27 bits per heavy atom. The van der Waals surface area contributed by atoms with Gasteiger partial charge in [-0.15, -0.1) is 0 Å². The Bertz CT molecular complexity index is 958. The van der Waals surface area contributed by atoms with E-state index in [-0.39, 0.29) is 23.8 Å². The van der Waals surface area contributed by atoms with Crippen LogP contribution in [0.3, 0.4) is 0 Å². The second kappa shape index (κ2) is 8.81. The minimum absolute atomic E-state index is 0.141. The molecule has 0 aromatic heterocycles. The maximum absolute atomic E-state index is 12.9. The molecule has 9 nitrogen and oxygen atoms in total. The number of carbonyl (C=O) groups is 2. The number of fused-ring (bicyclic) bond motifs is 1. The molecule has 30 heavy (non-hydrogen) atoms. The zero-order valence-electron chi connectivity index (χ0n) is 17.0. The normalized spacial score (nSPS) is 15.4. The number of nitrogens with one attached hydrogen (secondary N) is 1. The lowest BCUT2D eigenvalue weighted by Gasteiger charge is -2.35. The molecule has 1 atom stereocenters. The van der Waals surface area contributed by atoms with Crippen LogP contribution in [-0.2, 0) is 9.59 Å². The molecule has 0 fully saturated rings. The number of non-ortho nitro benzene ring substituents is 1. The average Bonchev–Trinajstić information content (AvgIpc) is 2.71. The summed E-state index contributed by atoms with van der Waals surface area (Å²) in [6.07, 6.45) is -0.780. The van der Waals surface area contributed by atoms with Crippen molar-refractivity contribution in [3.8, 4) is 11.5 Å². The number of nitrogens with zero attached hydrogens (tertiary/aromatic N) is 2. The summed E-state index contributed by atoms with van der Waals surface area (Å²) in [6, 6.07) is 10.9. The second-order valence-corrected chi connectivity index (χ2v) is 7.12. The molecule has 9 heteroatoms. The molecule has 2 aromatic carbocycles. The fourth-order valence-electron chi connectivity index (χ4n) is 3.12. The third-order valence-electron chi connectivity index (χ3n) is 4.56. The lowest BCUT2D eigenvalue weighted by atomic mass is 10.0. The molecule has 158 valence electrons. The van der Waals surface area contributed by atoms with E-state index in [1.807, 2.05) is 20.8 Å². The zero-order valence-corrected chi connectivity index (χ0v) is 17.0. The standard InChI is InChI=1S/C21H23N3O6/c1-4-29-16-8-5-14(6-9-16)22-19(25)12-23-17-11-15(24(27)28)7-10-18(17)30-20(13(2)3)21(23)26/h5-11,13,20H,4,12H2,1-3H3,(H,22,25). The molecule has 0 saturated heterocycles. The van der Waals surface area contributed by atoms with Crippen LogP contribution in [0.15, 0.2) is 42.5 Å². The van der Waals surface area contributed by atoms with Gasteiger partial charge in [-0.2, -0.15) is 0 Å². The van der Waals surface area contributed by atoms with Crippen molar-refractivity contribution < 1.29 is 24.0 Å². The molecule has 0 radical (unpaired) electrons. The highest BCUT2D eigenvalue weighted by Crippen LogP contribution is 2.38. The Morgan fingerprint density at radius 3 is 2.57 bits per heavy atom. The third-order valence-corrected chi connectivity index (χ3v) is 4.56. The van der Waals surface area contributed by atoms with Crippen LogP contribution >= 0.6 is 0 Å². The van der Waals surface area contributed by atoms with Gasteiger partial charge in [0.1, 0.15) is 18.0 Å². The van der Waals surface area contributed by atoms with E-state index in [2.05, 4.69) is 5.32 Å². The van der Waals surface area contributed by atoms with Crippen molar-refractivity contribution in [2.24, 2.45) is 5.92 Å². The molecule has 0 bridgehead atoms. The van der Waals surface area contributed by atoms with E-state index < -0.39 is 22.8 Å². The van der Waals surface area contributed by atoms with Crippen LogP contribution in [-0.4, -0.2) is 36.0 Å². The topological polar surface area (TPSA) is 111 Å². The van der Waals surface area contributed by atoms with E-state index >= 15 is 0 Å². The van der Waals surface area contributed by atoms with Gasteiger partial charge in [0, 0.05) is 17.8 Å². The highest BCUT2D eigenvalue weighted by molar-refractivity contribution is 6.06. The van der Waals surface area contributed by atoms with Crippen LogP contribution in [0.25, 0.3) is 0 Å². The lowest BCUT2D eigenvalue weighted by Crippen LogP contribution is -2.50. The number of hydrogen-bond acceptors (Lipinski definition) is 6. The molecule has 1 heterocycles. The van der Waals surface area contributed by atoms with E-state index in [1.54, 1.807) is 24.3 Å². The van der Waals surface area contributed by atoms with Crippen molar-refractivity contribution >= 4 is 28.9 Å². The summed E-state index contributed by atoms with van der Waals surface area (Å²) in [5, 5.41) is 13.9. The fourth-order valence-corrected chi connectivity index (χ4v) is 3.12. The Hall–Kier alpha value is -3.62. The van der Waals surface area contributed by atoms with Gasteiger partial charge in [-0.25, -0.2) is 0 Å². The van der Waals surface area contributed by atoms with Gasteiger partial charge < -0.3 is 14.8 Å². The summed E-state index contributed by atoms with van der Waals surface area (Å²) >= 11 is 0. The highest BCUT2D eigenvalue weighted by Gasteiger charge is 2.38. The van der Waals surface area contributed by atoms with Crippen LogP contribution in [0.1, 0.15) is 20.8 Å². The number of nitro groups is 1. The summed E-state index contributed by atoms with van der Waals surface area (Å²) in [5.41, 5.74) is 0.557. The van der Waals surface area contributed by atoms with Crippen LogP contribution < -0.4 is 19.7 Å². The highest BCUT2D eigenvalue weighted by atomic mass is 16.6. The van der Waals surface area contributed by atoms with Crippen molar-refractivity contribution in [1.82, 2.24) is 0 Å². The van der Waals surface area contributed by atoms with E-state index in [9.17, 15) is 19.7 Å². The van der Waals surface area contributed by atoms with Crippen LogP contribution in [0.5, 0.6) is 11.5 Å². The smallest absolute Gasteiger partial charge is 0.271 e. The minimum atomic E-state index is -0.780. The largest absolute Gasteiger partial charge is 0.494 e. The van der Waals surface area contributed by atoms with Gasteiger partial charge in [0.25, 0.3) is 11.6 Å².